The van der Waals surface area contributed by atoms with E-state index >= 15 is 0 Å². The Hall–Kier alpha value is -3.91. The van der Waals surface area contributed by atoms with Crippen molar-refractivity contribution in [2.75, 3.05) is 19.6 Å². The van der Waals surface area contributed by atoms with E-state index in [4.69, 9.17) is 9.90 Å². The minimum absolute atomic E-state index is 0.130. The maximum Gasteiger partial charge on any atom is 0.430 e. The number of rotatable bonds is 4. The second kappa shape index (κ2) is 12.3. The van der Waals surface area contributed by atoms with Gasteiger partial charge in [0.15, 0.2) is 0 Å². The van der Waals surface area contributed by atoms with Gasteiger partial charge in [0.25, 0.3) is 5.91 Å². The molecule has 9 nitrogen and oxygen atoms in total. The first-order valence-corrected chi connectivity index (χ1v) is 12.6. The summed E-state index contributed by atoms with van der Waals surface area (Å²) in [5.74, 6) is -7.26. The van der Waals surface area contributed by atoms with Crippen molar-refractivity contribution in [3.05, 3.63) is 62.3 Å². The van der Waals surface area contributed by atoms with Crippen molar-refractivity contribution in [3.63, 3.8) is 0 Å². The number of halogens is 6. The van der Waals surface area contributed by atoms with Crippen LogP contribution >= 0.6 is 0 Å². The summed E-state index contributed by atoms with van der Waals surface area (Å²) in [6.07, 6.45) is -4.85. The van der Waals surface area contributed by atoms with Crippen molar-refractivity contribution >= 4 is 17.8 Å². The molecular formula is C26H28F6N4O5. The summed E-state index contributed by atoms with van der Waals surface area (Å²) in [7, 11) is 0. The molecule has 15 heteroatoms. The van der Waals surface area contributed by atoms with Gasteiger partial charge in [0.1, 0.15) is 18.3 Å². The molecule has 1 saturated heterocycles. The Balaban J connectivity index is 0.000000587. The van der Waals surface area contributed by atoms with Gasteiger partial charge in [-0.2, -0.15) is 13.2 Å². The Kier molecular flexibility index (Phi) is 9.49. The van der Waals surface area contributed by atoms with E-state index in [-0.39, 0.29) is 68.4 Å². The fraction of sp³-hybridized carbons (Fsp3) is 0.500. The van der Waals surface area contributed by atoms with E-state index < -0.39 is 29.8 Å². The standard InChI is InChI=1S/C24H27F3N4O3.C2HF3O2/c1-14-15(2)22(33)29-28-20(14)12-16-3-4-19(25)18(11-16)23(34)30-9-10-31(21(32)13-30)17-5-7-24(26,27)8-6-17;3-2(4,5)1(6)7/h3-4,11,17H,5-10,12-13H2,1-2H3,(H,29,33);(H,6,7). The van der Waals surface area contributed by atoms with Gasteiger partial charge < -0.3 is 19.7 Å². The van der Waals surface area contributed by atoms with Gasteiger partial charge in [-0.05, 0) is 44.4 Å². The van der Waals surface area contributed by atoms with Crippen LogP contribution in [0.2, 0.25) is 0 Å². The number of aliphatic carboxylic acids is 1. The summed E-state index contributed by atoms with van der Waals surface area (Å²) in [5.41, 5.74) is 2.41. The van der Waals surface area contributed by atoms with Gasteiger partial charge in [-0.3, -0.25) is 14.4 Å². The third kappa shape index (κ3) is 7.85. The highest BCUT2D eigenvalue weighted by Gasteiger charge is 2.40. The molecule has 2 amide bonds. The zero-order chi connectivity index (χ0) is 30.7. The van der Waals surface area contributed by atoms with Gasteiger partial charge in [-0.25, -0.2) is 13.2 Å². The van der Waals surface area contributed by atoms with Crippen LogP contribution in [0.15, 0.2) is 23.0 Å². The number of hydrogen-bond donors (Lipinski definition) is 1. The molecule has 0 bridgehead atoms. The van der Waals surface area contributed by atoms with Gasteiger partial charge in [0, 0.05) is 43.1 Å². The lowest BCUT2D eigenvalue weighted by Gasteiger charge is -2.41. The summed E-state index contributed by atoms with van der Waals surface area (Å²) in [6.45, 7) is 3.77. The van der Waals surface area contributed by atoms with Crippen LogP contribution in [0.25, 0.3) is 0 Å². The molecule has 0 spiro atoms. The van der Waals surface area contributed by atoms with E-state index in [1.807, 2.05) is 6.92 Å². The van der Waals surface area contributed by atoms with Crippen molar-refractivity contribution in [1.82, 2.24) is 14.9 Å². The minimum Gasteiger partial charge on any atom is -0.542 e. The number of piperazine rings is 1. The largest absolute Gasteiger partial charge is 0.542 e. The Morgan fingerprint density at radius 2 is 1.71 bits per heavy atom. The Morgan fingerprint density at radius 3 is 2.27 bits per heavy atom. The van der Waals surface area contributed by atoms with Crippen LogP contribution in [-0.4, -0.2) is 70.5 Å². The molecule has 0 atom stereocenters. The van der Waals surface area contributed by atoms with E-state index in [1.54, 1.807) is 17.9 Å². The van der Waals surface area contributed by atoms with Crippen molar-refractivity contribution in [3.8, 4) is 0 Å². The number of hydrogen-bond acceptors (Lipinski definition) is 5. The number of amides is 2. The number of carboxylic acid groups (broad SMARTS) is 1. The highest BCUT2D eigenvalue weighted by atomic mass is 19.4. The number of carbonyl (C=O) groups excluding carboxylic acids is 3. The topological polar surface area (TPSA) is 128 Å². The van der Waals surface area contributed by atoms with Crippen molar-refractivity contribution in [2.45, 2.75) is 64.1 Å². The molecule has 224 valence electrons. The van der Waals surface area contributed by atoms with Crippen LogP contribution in [0.3, 0.4) is 0 Å². The van der Waals surface area contributed by atoms with Gasteiger partial charge in [-0.1, -0.05) is 6.07 Å². The number of H-pyrrole nitrogens is 2. The van der Waals surface area contributed by atoms with Crippen LogP contribution in [0.1, 0.15) is 58.4 Å². The number of aromatic amines is 2. The highest BCUT2D eigenvalue weighted by Crippen LogP contribution is 2.35. The number of alkyl halides is 5. The first-order chi connectivity index (χ1) is 19.0. The number of aromatic nitrogens is 2. The number of benzene rings is 1. The molecule has 1 aliphatic heterocycles. The third-order valence-electron chi connectivity index (χ3n) is 7.23. The average molecular weight is 591 g/mol. The van der Waals surface area contributed by atoms with Crippen LogP contribution in [0.5, 0.6) is 0 Å². The Labute approximate surface area is 230 Å². The first-order valence-electron chi connectivity index (χ1n) is 12.6. The Morgan fingerprint density at radius 1 is 1.10 bits per heavy atom. The van der Waals surface area contributed by atoms with E-state index in [0.29, 0.717) is 17.5 Å². The smallest absolute Gasteiger partial charge is 0.430 e. The molecule has 2 heterocycles. The minimum atomic E-state index is -5.19. The van der Waals surface area contributed by atoms with E-state index in [0.717, 1.165) is 11.3 Å². The van der Waals surface area contributed by atoms with E-state index in [1.165, 1.54) is 17.0 Å². The van der Waals surface area contributed by atoms with Gasteiger partial charge in [-0.15, -0.1) is 10.2 Å². The molecule has 1 saturated carbocycles. The molecule has 1 aromatic heterocycles. The van der Waals surface area contributed by atoms with Crippen molar-refractivity contribution in [2.24, 2.45) is 0 Å². The maximum atomic E-state index is 14.6. The molecule has 41 heavy (non-hydrogen) atoms. The fourth-order valence-electron chi connectivity index (χ4n) is 4.70. The Bertz CT molecular complexity index is 1370. The average Bonchev–Trinajstić information content (AvgIpc) is 2.89. The van der Waals surface area contributed by atoms with Gasteiger partial charge in [0.2, 0.25) is 17.5 Å². The molecule has 2 N–H and O–H groups in total. The molecule has 1 aromatic carbocycles. The molecule has 0 unspecified atom stereocenters. The van der Waals surface area contributed by atoms with Crippen molar-refractivity contribution < 1.29 is 50.9 Å². The maximum absolute atomic E-state index is 14.6. The van der Waals surface area contributed by atoms with Crippen LogP contribution in [0.4, 0.5) is 26.3 Å². The summed E-state index contributed by atoms with van der Waals surface area (Å²) in [6, 6.07) is 4.01. The van der Waals surface area contributed by atoms with Gasteiger partial charge >= 0.3 is 11.7 Å². The van der Waals surface area contributed by atoms with Crippen LogP contribution < -0.4 is 15.8 Å². The van der Waals surface area contributed by atoms with Gasteiger partial charge in [0.05, 0.1) is 12.0 Å². The SMILES string of the molecule is Cc1c(Cc2ccc(F)c(C(=O)N3CCN(C4CCC(F)(F)CC4)C(=O)C3)c2)[nH+][nH]c(=O)c1C.O=C([O-])C(F)(F)F. The lowest BCUT2D eigenvalue weighted by atomic mass is 9.90. The lowest BCUT2D eigenvalue weighted by Crippen LogP contribution is -2.56. The zero-order valence-electron chi connectivity index (χ0n) is 22.2. The summed E-state index contributed by atoms with van der Waals surface area (Å²) in [5, 5.41) is 14.2. The summed E-state index contributed by atoms with van der Waals surface area (Å²) >= 11 is 0. The molecule has 2 aromatic rings. The number of carbonyl (C=O) groups is 3. The monoisotopic (exact) mass is 590 g/mol. The van der Waals surface area contributed by atoms with Crippen molar-refractivity contribution in [1.29, 1.82) is 0 Å². The zero-order valence-corrected chi connectivity index (χ0v) is 22.2. The number of carboxylic acids is 1. The predicted molar refractivity (Wildman–Crippen MR) is 128 cm³/mol. The van der Waals surface area contributed by atoms with Crippen LogP contribution in [0, 0.1) is 19.7 Å². The molecule has 2 aliphatic rings. The third-order valence-corrected chi connectivity index (χ3v) is 7.23. The quantitative estimate of drug-likeness (QED) is 0.543. The molecule has 0 radical (unpaired) electrons. The molecule has 4 rings (SSSR count). The fourth-order valence-corrected chi connectivity index (χ4v) is 4.70. The van der Waals surface area contributed by atoms with Crippen LogP contribution in [-0.2, 0) is 16.0 Å². The summed E-state index contributed by atoms with van der Waals surface area (Å²) < 4.78 is 73.0. The predicted octanol–water partition coefficient (Wildman–Crippen LogP) is 1.70. The number of nitrogens with zero attached hydrogens (tertiary/aromatic N) is 2. The number of nitrogens with one attached hydrogen (secondary N) is 2. The second-order valence-electron chi connectivity index (χ2n) is 9.98. The molecule has 1 aliphatic carbocycles. The molecular weight excluding hydrogens is 562 g/mol. The highest BCUT2D eigenvalue weighted by molar-refractivity contribution is 5.97. The lowest BCUT2D eigenvalue weighted by molar-refractivity contribution is -0.467. The summed E-state index contributed by atoms with van der Waals surface area (Å²) in [4.78, 5) is 49.2. The second-order valence-corrected chi connectivity index (χ2v) is 9.98. The molecule has 2 fully saturated rings. The normalized spacial score (nSPS) is 17.6. The van der Waals surface area contributed by atoms with E-state index in [2.05, 4.69) is 10.2 Å². The van der Waals surface area contributed by atoms with E-state index in [9.17, 15) is 40.7 Å². The first kappa shape index (κ1) is 31.6.